The molecule has 0 aliphatic rings. The molecule has 0 saturated heterocycles. The fourth-order valence-corrected chi connectivity index (χ4v) is 2.45. The molecule has 2 rings (SSSR count). The van der Waals surface area contributed by atoms with E-state index in [4.69, 9.17) is 0 Å². The molecule has 0 radical (unpaired) electrons. The molecule has 5 nitrogen and oxygen atoms in total. The lowest BCUT2D eigenvalue weighted by molar-refractivity contribution is -0.146. The van der Waals surface area contributed by atoms with Crippen LogP contribution in [0.1, 0.15) is 40.0 Å². The van der Waals surface area contributed by atoms with Crippen LogP contribution in [0.15, 0.2) is 60.7 Å². The molecule has 1 unspecified atom stereocenters. The molecule has 2 aromatic carbocycles. The van der Waals surface area contributed by atoms with Crippen LogP contribution < -0.4 is 0 Å². The second-order valence-corrected chi connectivity index (χ2v) is 5.64. The Kier molecular flexibility index (Phi) is 6.34. The average Bonchev–Trinajstić information content (AvgIpc) is 2.64. The summed E-state index contributed by atoms with van der Waals surface area (Å²) in [6.45, 7) is 0. The Bertz CT molecular complexity index is 765. The van der Waals surface area contributed by atoms with Crippen LogP contribution in [0.3, 0.4) is 0 Å². The highest BCUT2D eigenvalue weighted by molar-refractivity contribution is 6.07. The van der Waals surface area contributed by atoms with Gasteiger partial charge in [0, 0.05) is 30.4 Å². The summed E-state index contributed by atoms with van der Waals surface area (Å²) in [4.78, 5) is 47.7. The van der Waals surface area contributed by atoms with Crippen molar-refractivity contribution in [2.24, 2.45) is 5.92 Å². The number of rotatable bonds is 9. The number of carboxylic acid groups (broad SMARTS) is 1. The van der Waals surface area contributed by atoms with Gasteiger partial charge in [-0.2, -0.15) is 0 Å². The van der Waals surface area contributed by atoms with Crippen molar-refractivity contribution in [2.75, 3.05) is 0 Å². The number of carboxylic acids is 1. The van der Waals surface area contributed by atoms with Gasteiger partial charge in [0.15, 0.2) is 11.6 Å². The normalized spacial score (nSPS) is 11.5. The van der Waals surface area contributed by atoms with Crippen molar-refractivity contribution in [3.8, 4) is 0 Å². The van der Waals surface area contributed by atoms with Gasteiger partial charge in [0.25, 0.3) is 0 Å². The largest absolute Gasteiger partial charge is 0.481 e. The summed E-state index contributed by atoms with van der Waals surface area (Å²) in [5, 5.41) is 9.26. The molecule has 0 saturated carbocycles. The van der Waals surface area contributed by atoms with Crippen LogP contribution >= 0.6 is 0 Å². The number of hydrogen-bond donors (Lipinski definition) is 1. The molecule has 0 heterocycles. The van der Waals surface area contributed by atoms with Gasteiger partial charge in [-0.25, -0.2) is 0 Å². The number of Topliss-reactive ketones (excluding diaryl/α,β-unsaturated/α-hetero) is 3. The van der Waals surface area contributed by atoms with Crippen molar-refractivity contribution in [1.82, 2.24) is 0 Å². The maximum atomic E-state index is 12.2. The number of carbonyl (C=O) groups is 4. The van der Waals surface area contributed by atoms with E-state index in [1.165, 1.54) is 0 Å². The summed E-state index contributed by atoms with van der Waals surface area (Å²) in [5.74, 6) is -4.03. The molecule has 0 aliphatic heterocycles. The highest BCUT2D eigenvalue weighted by atomic mass is 16.4. The number of aliphatic carboxylic acids is 1. The summed E-state index contributed by atoms with van der Waals surface area (Å²) in [5.41, 5.74) is 0.837. The Balaban J connectivity index is 1.97. The SMILES string of the molecule is O=C(CCC(=O)C(CC(=O)c1ccccc1)C(=O)O)c1ccccc1. The van der Waals surface area contributed by atoms with E-state index in [0.29, 0.717) is 11.1 Å². The zero-order valence-electron chi connectivity index (χ0n) is 13.6. The van der Waals surface area contributed by atoms with Gasteiger partial charge in [0.1, 0.15) is 11.7 Å². The Morgan fingerprint density at radius 2 is 1.20 bits per heavy atom. The first-order valence-corrected chi connectivity index (χ1v) is 7.91. The number of hydrogen-bond acceptors (Lipinski definition) is 4. The predicted octanol–water partition coefficient (Wildman–Crippen LogP) is 3.19. The lowest BCUT2D eigenvalue weighted by Gasteiger charge is -2.10. The van der Waals surface area contributed by atoms with Crippen molar-refractivity contribution in [2.45, 2.75) is 19.3 Å². The molecule has 0 spiro atoms. The van der Waals surface area contributed by atoms with Crippen molar-refractivity contribution in [1.29, 1.82) is 0 Å². The van der Waals surface area contributed by atoms with Gasteiger partial charge < -0.3 is 5.11 Å². The van der Waals surface area contributed by atoms with Crippen molar-refractivity contribution < 1.29 is 24.3 Å². The number of benzene rings is 2. The quantitative estimate of drug-likeness (QED) is 0.560. The third kappa shape index (κ3) is 5.21. The smallest absolute Gasteiger partial charge is 0.314 e. The standard InChI is InChI=1S/C20H18O5/c21-17(14-7-3-1-4-8-14)11-12-18(22)16(20(24)25)13-19(23)15-9-5-2-6-10-15/h1-10,16H,11-13H2,(H,24,25). The monoisotopic (exact) mass is 338 g/mol. The Hall–Kier alpha value is -3.08. The van der Waals surface area contributed by atoms with Crippen LogP contribution in [0, 0.1) is 5.92 Å². The first-order valence-electron chi connectivity index (χ1n) is 7.91. The molecule has 25 heavy (non-hydrogen) atoms. The fourth-order valence-electron chi connectivity index (χ4n) is 2.45. The summed E-state index contributed by atoms with van der Waals surface area (Å²) in [6, 6.07) is 16.7. The van der Waals surface area contributed by atoms with E-state index in [1.54, 1.807) is 60.7 Å². The molecular formula is C20H18O5. The third-order valence-electron chi connectivity index (χ3n) is 3.87. The molecule has 128 valence electrons. The van der Waals surface area contributed by atoms with E-state index < -0.39 is 29.9 Å². The van der Waals surface area contributed by atoms with Crippen molar-refractivity contribution >= 4 is 23.3 Å². The molecule has 0 fully saturated rings. The summed E-state index contributed by atoms with van der Waals surface area (Å²) >= 11 is 0. The zero-order chi connectivity index (χ0) is 18.2. The van der Waals surface area contributed by atoms with Gasteiger partial charge in [0.05, 0.1) is 0 Å². The lowest BCUT2D eigenvalue weighted by Crippen LogP contribution is -2.27. The van der Waals surface area contributed by atoms with Crippen LogP contribution in [0.25, 0.3) is 0 Å². The van der Waals surface area contributed by atoms with Crippen molar-refractivity contribution in [3.05, 3.63) is 71.8 Å². The summed E-state index contributed by atoms with van der Waals surface area (Å²) in [7, 11) is 0. The summed E-state index contributed by atoms with van der Waals surface area (Å²) in [6.07, 6.45) is -0.684. The zero-order valence-corrected chi connectivity index (χ0v) is 13.6. The van der Waals surface area contributed by atoms with Crippen LogP contribution in [-0.4, -0.2) is 28.4 Å². The number of ketones is 3. The molecule has 0 aliphatic carbocycles. The first-order chi connectivity index (χ1) is 12.0. The maximum Gasteiger partial charge on any atom is 0.314 e. The van der Waals surface area contributed by atoms with Crippen LogP contribution in [0.4, 0.5) is 0 Å². The highest BCUT2D eigenvalue weighted by Crippen LogP contribution is 2.15. The molecule has 5 heteroatoms. The van der Waals surface area contributed by atoms with Crippen LogP contribution in [-0.2, 0) is 9.59 Å². The highest BCUT2D eigenvalue weighted by Gasteiger charge is 2.29. The van der Waals surface area contributed by atoms with E-state index in [9.17, 15) is 24.3 Å². The second-order valence-electron chi connectivity index (χ2n) is 5.64. The van der Waals surface area contributed by atoms with E-state index in [1.807, 2.05) is 0 Å². The molecule has 1 atom stereocenters. The topological polar surface area (TPSA) is 88.5 Å². The van der Waals surface area contributed by atoms with Gasteiger partial charge in [-0.05, 0) is 0 Å². The van der Waals surface area contributed by atoms with E-state index in [-0.39, 0.29) is 18.6 Å². The van der Waals surface area contributed by atoms with Gasteiger partial charge in [-0.15, -0.1) is 0 Å². The minimum Gasteiger partial charge on any atom is -0.481 e. The molecule has 0 aromatic heterocycles. The Morgan fingerprint density at radius 3 is 1.68 bits per heavy atom. The van der Waals surface area contributed by atoms with Gasteiger partial charge in [0.2, 0.25) is 0 Å². The maximum absolute atomic E-state index is 12.2. The fraction of sp³-hybridized carbons (Fsp3) is 0.200. The van der Waals surface area contributed by atoms with Gasteiger partial charge in [-0.1, -0.05) is 60.7 Å². The van der Waals surface area contributed by atoms with Crippen LogP contribution in [0.2, 0.25) is 0 Å². The third-order valence-corrected chi connectivity index (χ3v) is 3.87. The second kappa shape index (κ2) is 8.68. The lowest BCUT2D eigenvalue weighted by atomic mass is 9.91. The molecule has 0 amide bonds. The van der Waals surface area contributed by atoms with E-state index in [2.05, 4.69) is 0 Å². The Morgan fingerprint density at radius 1 is 0.720 bits per heavy atom. The van der Waals surface area contributed by atoms with E-state index in [0.717, 1.165) is 0 Å². The summed E-state index contributed by atoms with van der Waals surface area (Å²) < 4.78 is 0. The minimum absolute atomic E-state index is 0.0772. The van der Waals surface area contributed by atoms with Crippen molar-refractivity contribution in [3.63, 3.8) is 0 Å². The van der Waals surface area contributed by atoms with Gasteiger partial charge >= 0.3 is 5.97 Å². The molecular weight excluding hydrogens is 320 g/mol. The van der Waals surface area contributed by atoms with Crippen LogP contribution in [0.5, 0.6) is 0 Å². The number of carbonyl (C=O) groups excluding carboxylic acids is 3. The molecule has 2 aromatic rings. The van der Waals surface area contributed by atoms with Gasteiger partial charge in [-0.3, -0.25) is 19.2 Å². The predicted molar refractivity (Wildman–Crippen MR) is 91.5 cm³/mol. The average molecular weight is 338 g/mol. The first kappa shape index (κ1) is 18.3. The van der Waals surface area contributed by atoms with E-state index >= 15 is 0 Å². The Labute approximate surface area is 145 Å². The molecule has 0 bridgehead atoms. The minimum atomic E-state index is -1.43. The molecule has 1 N–H and O–H groups in total.